The number of fused-ring (bicyclic) bond motifs is 4. The summed E-state index contributed by atoms with van der Waals surface area (Å²) in [6.45, 7) is 0. The summed E-state index contributed by atoms with van der Waals surface area (Å²) in [4.78, 5) is 4.81. The topological polar surface area (TPSA) is 26.0 Å². The number of hydrogen-bond donors (Lipinski definition) is 0. The maximum atomic E-state index is 5.44. The first kappa shape index (κ1) is 15.3. The number of para-hydroxylation sites is 1. The average Bonchev–Trinajstić information content (AvgIpc) is 3.12. The third-order valence-corrected chi connectivity index (χ3v) is 5.89. The molecule has 0 fully saturated rings. The monoisotopic (exact) mass is 357 g/mol. The van der Waals surface area contributed by atoms with Crippen LogP contribution in [-0.4, -0.2) is 12.1 Å². The second kappa shape index (κ2) is 5.78. The maximum Gasteiger partial charge on any atom is 0.212 e. The molecule has 0 atom stereocenters. The molecule has 0 aliphatic rings. The lowest BCUT2D eigenvalue weighted by Gasteiger charge is -2.06. The fraction of sp³-hybridized carbons (Fsp3) is 0.0909. The summed E-state index contributed by atoms with van der Waals surface area (Å²) in [6, 6.07) is 21.1. The van der Waals surface area contributed by atoms with Gasteiger partial charge in [0.15, 0.2) is 6.20 Å². The van der Waals surface area contributed by atoms with Crippen molar-refractivity contribution in [1.29, 1.82) is 0 Å². The van der Waals surface area contributed by atoms with E-state index in [2.05, 4.69) is 66.3 Å². The molecule has 0 spiro atoms. The Hall–Kier alpha value is -2.98. The van der Waals surface area contributed by atoms with Gasteiger partial charge in [-0.05, 0) is 42.5 Å². The number of nitrogens with zero attached hydrogens (tertiary/aromatic N) is 2. The molecule has 2 heterocycles. The van der Waals surface area contributed by atoms with Crippen LogP contribution in [-0.2, 0) is 7.05 Å². The quantitative estimate of drug-likeness (QED) is 0.324. The lowest BCUT2D eigenvalue weighted by atomic mass is 10.0. The van der Waals surface area contributed by atoms with Gasteiger partial charge in [0.25, 0.3) is 0 Å². The average molecular weight is 357 g/mol. The first-order valence-corrected chi connectivity index (χ1v) is 9.31. The van der Waals surface area contributed by atoms with Gasteiger partial charge in [0, 0.05) is 22.4 Å². The number of benzene rings is 3. The largest absolute Gasteiger partial charge is 0.497 e. The van der Waals surface area contributed by atoms with Crippen LogP contribution in [0.1, 0.15) is 0 Å². The molecule has 4 heteroatoms. The molecule has 0 saturated heterocycles. The van der Waals surface area contributed by atoms with Gasteiger partial charge in [-0.1, -0.05) is 12.1 Å². The third-order valence-electron chi connectivity index (χ3n) is 4.80. The Morgan fingerprint density at radius 3 is 2.69 bits per heavy atom. The summed E-state index contributed by atoms with van der Waals surface area (Å²) in [5.74, 6) is 0.873. The van der Waals surface area contributed by atoms with Crippen LogP contribution in [0.5, 0.6) is 5.75 Å². The Bertz CT molecular complexity index is 1260. The van der Waals surface area contributed by atoms with E-state index >= 15 is 0 Å². The van der Waals surface area contributed by atoms with Crippen LogP contribution in [0.25, 0.3) is 42.5 Å². The summed E-state index contributed by atoms with van der Waals surface area (Å²) in [7, 11) is 3.79. The highest BCUT2D eigenvalue weighted by molar-refractivity contribution is 7.21. The van der Waals surface area contributed by atoms with Gasteiger partial charge < -0.3 is 4.74 Å². The fourth-order valence-corrected chi connectivity index (χ4v) is 4.44. The van der Waals surface area contributed by atoms with E-state index in [0.29, 0.717) is 0 Å². The molecule has 3 aromatic carbocycles. The molecule has 2 aromatic heterocycles. The zero-order chi connectivity index (χ0) is 17.7. The molecule has 0 bridgehead atoms. The second-order valence-electron chi connectivity index (χ2n) is 6.41. The smallest absolute Gasteiger partial charge is 0.212 e. The highest BCUT2D eigenvalue weighted by Crippen LogP contribution is 2.33. The van der Waals surface area contributed by atoms with Crippen molar-refractivity contribution in [3.8, 4) is 16.3 Å². The van der Waals surface area contributed by atoms with E-state index in [1.807, 2.05) is 12.1 Å². The van der Waals surface area contributed by atoms with Gasteiger partial charge in [-0.2, -0.15) is 0 Å². The van der Waals surface area contributed by atoms with E-state index in [1.165, 1.54) is 26.4 Å². The zero-order valence-electron chi connectivity index (χ0n) is 14.6. The van der Waals surface area contributed by atoms with E-state index in [-0.39, 0.29) is 0 Å². The Labute approximate surface area is 155 Å². The predicted molar refractivity (Wildman–Crippen MR) is 108 cm³/mol. The molecule has 0 unspecified atom stereocenters. The van der Waals surface area contributed by atoms with Gasteiger partial charge >= 0.3 is 0 Å². The molecule has 0 aliphatic heterocycles. The van der Waals surface area contributed by atoms with Crippen LogP contribution in [0, 0.1) is 0 Å². The third kappa shape index (κ3) is 2.34. The van der Waals surface area contributed by atoms with Crippen LogP contribution >= 0.6 is 11.3 Å². The van der Waals surface area contributed by atoms with E-state index in [0.717, 1.165) is 21.8 Å². The first-order chi connectivity index (χ1) is 12.7. The number of aromatic nitrogens is 2. The number of aryl methyl sites for hydroxylation is 1. The number of thiazole rings is 1. The summed E-state index contributed by atoms with van der Waals surface area (Å²) in [5.41, 5.74) is 3.39. The highest BCUT2D eigenvalue weighted by Gasteiger charge is 2.14. The number of rotatable bonds is 2. The number of ether oxygens (including phenoxy) is 1. The molecule has 26 heavy (non-hydrogen) atoms. The van der Waals surface area contributed by atoms with Crippen LogP contribution in [0.15, 0.2) is 66.9 Å². The van der Waals surface area contributed by atoms with Gasteiger partial charge in [-0.15, -0.1) is 11.3 Å². The Balaban J connectivity index is 1.80. The number of pyridine rings is 1. The predicted octanol–water partition coefficient (Wildman–Crippen LogP) is 5.10. The molecule has 0 N–H and O–H groups in total. The molecule has 0 saturated carbocycles. The summed E-state index contributed by atoms with van der Waals surface area (Å²) < 4.78 is 8.83. The number of hydrogen-bond acceptors (Lipinski definition) is 3. The zero-order valence-corrected chi connectivity index (χ0v) is 15.4. The van der Waals surface area contributed by atoms with Crippen LogP contribution in [0.2, 0.25) is 0 Å². The summed E-state index contributed by atoms with van der Waals surface area (Å²) in [5, 5.41) is 4.65. The van der Waals surface area contributed by atoms with E-state index < -0.39 is 0 Å². The minimum absolute atomic E-state index is 0.873. The highest BCUT2D eigenvalue weighted by atomic mass is 32.1. The van der Waals surface area contributed by atoms with E-state index in [9.17, 15) is 0 Å². The number of methoxy groups -OCH3 is 1. The first-order valence-electron chi connectivity index (χ1n) is 8.49. The van der Waals surface area contributed by atoms with Gasteiger partial charge in [0.05, 0.1) is 22.7 Å². The minimum Gasteiger partial charge on any atom is -0.497 e. The SMILES string of the molecule is COc1ccc2c[n+](C)c3ccc(-c4nc5ccccc5s4)cc3c2c1. The maximum absolute atomic E-state index is 5.44. The van der Waals surface area contributed by atoms with E-state index in [1.54, 1.807) is 18.4 Å². The molecule has 0 aliphatic carbocycles. The van der Waals surface area contributed by atoms with Crippen molar-refractivity contribution in [2.24, 2.45) is 7.05 Å². The Kier molecular flexibility index (Phi) is 3.40. The van der Waals surface area contributed by atoms with Crippen molar-refractivity contribution >= 4 is 43.2 Å². The van der Waals surface area contributed by atoms with Crippen molar-refractivity contribution < 1.29 is 9.30 Å². The molecule has 3 nitrogen and oxygen atoms in total. The van der Waals surface area contributed by atoms with Crippen LogP contribution in [0.3, 0.4) is 0 Å². The fourth-order valence-electron chi connectivity index (χ4n) is 3.47. The molecule has 126 valence electrons. The lowest BCUT2D eigenvalue weighted by Crippen LogP contribution is -2.28. The van der Waals surface area contributed by atoms with Gasteiger partial charge in [0.1, 0.15) is 17.8 Å². The van der Waals surface area contributed by atoms with Crippen molar-refractivity contribution in [2.45, 2.75) is 0 Å². The van der Waals surface area contributed by atoms with Gasteiger partial charge in [-0.3, -0.25) is 0 Å². The molecule has 0 radical (unpaired) electrons. The molecule has 5 aromatic rings. The van der Waals surface area contributed by atoms with Crippen molar-refractivity contribution in [2.75, 3.05) is 7.11 Å². The van der Waals surface area contributed by atoms with Crippen molar-refractivity contribution in [1.82, 2.24) is 4.98 Å². The van der Waals surface area contributed by atoms with Gasteiger partial charge in [-0.25, -0.2) is 9.55 Å². The standard InChI is InChI=1S/C22H17N2OS/c1-24-13-15-7-9-16(25-2)12-17(15)18-11-14(8-10-20(18)24)22-23-19-5-3-4-6-21(19)26-22/h3-13H,1-2H3/q+1. The van der Waals surface area contributed by atoms with Crippen LogP contribution in [0.4, 0.5) is 0 Å². The van der Waals surface area contributed by atoms with Crippen molar-refractivity contribution in [3.05, 3.63) is 66.9 Å². The minimum atomic E-state index is 0.873. The normalized spacial score (nSPS) is 11.5. The van der Waals surface area contributed by atoms with E-state index in [4.69, 9.17) is 9.72 Å². The summed E-state index contributed by atoms with van der Waals surface area (Å²) >= 11 is 1.73. The van der Waals surface area contributed by atoms with Crippen molar-refractivity contribution in [3.63, 3.8) is 0 Å². The molecular formula is C22H17N2OS+. The molecular weight excluding hydrogens is 340 g/mol. The Morgan fingerprint density at radius 2 is 1.85 bits per heavy atom. The second-order valence-corrected chi connectivity index (χ2v) is 7.44. The Morgan fingerprint density at radius 1 is 0.962 bits per heavy atom. The summed E-state index contributed by atoms with van der Waals surface area (Å²) in [6.07, 6.45) is 2.16. The molecule has 0 amide bonds. The lowest BCUT2D eigenvalue weighted by molar-refractivity contribution is -0.643. The van der Waals surface area contributed by atoms with Gasteiger partial charge in [0.2, 0.25) is 5.52 Å². The molecule has 5 rings (SSSR count). The van der Waals surface area contributed by atoms with Crippen LogP contribution < -0.4 is 9.30 Å².